The number of nitrogens with zero attached hydrogens (tertiary/aromatic N) is 4. The summed E-state index contributed by atoms with van der Waals surface area (Å²) in [4.78, 5) is 32.5. The van der Waals surface area contributed by atoms with E-state index in [1.54, 1.807) is 17.9 Å². The number of rotatable bonds is 5. The second kappa shape index (κ2) is 11.0. The highest BCUT2D eigenvalue weighted by molar-refractivity contribution is 6.33. The predicted octanol–water partition coefficient (Wildman–Crippen LogP) is 5.63. The van der Waals surface area contributed by atoms with Crippen molar-refractivity contribution in [1.29, 1.82) is 0 Å². The van der Waals surface area contributed by atoms with Crippen LogP contribution in [0, 0.1) is 13.8 Å². The zero-order chi connectivity index (χ0) is 28.7. The number of carbonyl (C=O) groups excluding carboxylic acids is 2. The van der Waals surface area contributed by atoms with E-state index in [0.29, 0.717) is 16.5 Å². The number of piperazine rings is 1. The molecule has 2 amide bonds. The fraction of sp³-hybridized carbons (Fsp3) is 0.281. The van der Waals surface area contributed by atoms with Gasteiger partial charge in [0.1, 0.15) is 5.76 Å². The van der Waals surface area contributed by atoms with Crippen molar-refractivity contribution in [1.82, 2.24) is 10.1 Å². The maximum absolute atomic E-state index is 13.4. The van der Waals surface area contributed by atoms with Crippen LogP contribution in [0.25, 0.3) is 0 Å². The standard InChI is InChI=1S/C32H32ClN5O3/c1-20-26(21(2)41-35-20)19-30(39)34-22-12-13-29(27(33)18-22)37-14-16-38(17-15-37)31-23-8-4-5-9-24(23)32(40)36(3)28-11-7-6-10-25(28)31/h4-13,18,31H,14-17,19H2,1-3H3,(H,34,39). The van der Waals surface area contributed by atoms with Gasteiger partial charge in [0.25, 0.3) is 5.91 Å². The quantitative estimate of drug-likeness (QED) is 0.336. The number of nitrogens with one attached hydrogen (secondary N) is 1. The molecule has 3 aromatic carbocycles. The highest BCUT2D eigenvalue weighted by Crippen LogP contribution is 2.41. The zero-order valence-corrected chi connectivity index (χ0v) is 24.1. The van der Waals surface area contributed by atoms with Crippen molar-refractivity contribution in [3.8, 4) is 0 Å². The third-order valence-corrected chi connectivity index (χ3v) is 8.46. The number of halogens is 1. The molecule has 1 fully saturated rings. The number of amides is 2. The van der Waals surface area contributed by atoms with Crippen molar-refractivity contribution in [3.05, 3.63) is 105 Å². The van der Waals surface area contributed by atoms with E-state index >= 15 is 0 Å². The molecule has 0 aliphatic carbocycles. The van der Waals surface area contributed by atoms with Crippen LogP contribution in [0.1, 0.15) is 44.5 Å². The van der Waals surface area contributed by atoms with Crippen molar-refractivity contribution >= 4 is 40.5 Å². The molecule has 0 saturated carbocycles. The zero-order valence-electron chi connectivity index (χ0n) is 23.4. The Labute approximate surface area is 244 Å². The summed E-state index contributed by atoms with van der Waals surface area (Å²) in [6.07, 6.45) is 0.192. The molecule has 1 aromatic heterocycles. The molecule has 9 heteroatoms. The smallest absolute Gasteiger partial charge is 0.258 e. The second-order valence-electron chi connectivity index (χ2n) is 10.6. The van der Waals surface area contributed by atoms with Gasteiger partial charge in [0.2, 0.25) is 5.91 Å². The molecule has 1 atom stereocenters. The van der Waals surface area contributed by atoms with Crippen LogP contribution in [0.3, 0.4) is 0 Å². The number of aromatic nitrogens is 1. The van der Waals surface area contributed by atoms with E-state index in [-0.39, 0.29) is 24.3 Å². The Kier molecular flexibility index (Phi) is 7.28. The summed E-state index contributed by atoms with van der Waals surface area (Å²) in [5.41, 5.74) is 6.97. The van der Waals surface area contributed by atoms with Gasteiger partial charge in [-0.2, -0.15) is 0 Å². The van der Waals surface area contributed by atoms with Gasteiger partial charge in [0.05, 0.1) is 28.9 Å². The molecule has 0 bridgehead atoms. The van der Waals surface area contributed by atoms with Crippen LogP contribution < -0.4 is 15.1 Å². The number of anilines is 3. The summed E-state index contributed by atoms with van der Waals surface area (Å²) in [6, 6.07) is 21.8. The number of carbonyl (C=O) groups is 2. The minimum Gasteiger partial charge on any atom is -0.368 e. The van der Waals surface area contributed by atoms with E-state index in [9.17, 15) is 9.59 Å². The summed E-state index contributed by atoms with van der Waals surface area (Å²) < 4.78 is 5.17. The average molecular weight is 570 g/mol. The lowest BCUT2D eigenvalue weighted by molar-refractivity contribution is -0.115. The molecular formula is C32H32ClN5O3. The molecule has 3 heterocycles. The fourth-order valence-corrected chi connectivity index (χ4v) is 6.29. The molecule has 0 radical (unpaired) electrons. The Bertz CT molecular complexity index is 1610. The minimum atomic E-state index is -0.148. The van der Waals surface area contributed by atoms with Crippen LogP contribution in [-0.2, 0) is 11.2 Å². The number of hydrogen-bond donors (Lipinski definition) is 1. The maximum Gasteiger partial charge on any atom is 0.258 e. The summed E-state index contributed by atoms with van der Waals surface area (Å²) in [5, 5.41) is 7.45. The second-order valence-corrected chi connectivity index (χ2v) is 11.0. The van der Waals surface area contributed by atoms with Gasteiger partial charge in [0, 0.05) is 55.7 Å². The van der Waals surface area contributed by atoms with Gasteiger partial charge in [-0.3, -0.25) is 14.5 Å². The lowest BCUT2D eigenvalue weighted by Crippen LogP contribution is -2.48. The topological polar surface area (TPSA) is 81.9 Å². The van der Waals surface area contributed by atoms with Crippen LogP contribution in [-0.4, -0.2) is 55.1 Å². The molecule has 0 spiro atoms. The average Bonchev–Trinajstić information content (AvgIpc) is 3.25. The first kappa shape index (κ1) is 27.1. The Morgan fingerprint density at radius 3 is 2.39 bits per heavy atom. The summed E-state index contributed by atoms with van der Waals surface area (Å²) >= 11 is 6.74. The van der Waals surface area contributed by atoms with E-state index in [1.165, 1.54) is 0 Å². The molecule has 41 heavy (non-hydrogen) atoms. The highest BCUT2D eigenvalue weighted by atomic mass is 35.5. The first-order chi connectivity index (χ1) is 19.8. The number of benzene rings is 3. The number of hydrogen-bond acceptors (Lipinski definition) is 6. The van der Waals surface area contributed by atoms with E-state index in [0.717, 1.165) is 65.5 Å². The van der Waals surface area contributed by atoms with Crippen LogP contribution in [0.4, 0.5) is 17.1 Å². The molecule has 2 aliphatic rings. The van der Waals surface area contributed by atoms with Gasteiger partial charge < -0.3 is 19.6 Å². The lowest BCUT2D eigenvalue weighted by atomic mass is 9.93. The van der Waals surface area contributed by atoms with E-state index in [1.807, 2.05) is 62.5 Å². The highest BCUT2D eigenvalue weighted by Gasteiger charge is 2.35. The van der Waals surface area contributed by atoms with Crippen LogP contribution >= 0.6 is 11.6 Å². The van der Waals surface area contributed by atoms with Crippen molar-refractivity contribution < 1.29 is 14.1 Å². The predicted molar refractivity (Wildman–Crippen MR) is 161 cm³/mol. The van der Waals surface area contributed by atoms with Crippen LogP contribution in [0.2, 0.25) is 5.02 Å². The first-order valence-corrected chi connectivity index (χ1v) is 14.2. The molecule has 6 rings (SSSR count). The Morgan fingerprint density at radius 2 is 1.68 bits per heavy atom. The fourth-order valence-electron chi connectivity index (χ4n) is 5.99. The third-order valence-electron chi connectivity index (χ3n) is 8.15. The maximum atomic E-state index is 13.4. The van der Waals surface area contributed by atoms with Crippen molar-refractivity contribution in [2.24, 2.45) is 0 Å². The first-order valence-electron chi connectivity index (χ1n) is 13.8. The van der Waals surface area contributed by atoms with E-state index in [2.05, 4.69) is 32.4 Å². The van der Waals surface area contributed by atoms with E-state index < -0.39 is 0 Å². The van der Waals surface area contributed by atoms with Crippen molar-refractivity contribution in [3.63, 3.8) is 0 Å². The Balaban J connectivity index is 1.18. The minimum absolute atomic E-state index is 0.0138. The summed E-state index contributed by atoms with van der Waals surface area (Å²) in [7, 11) is 1.85. The number of para-hydroxylation sites is 1. The summed E-state index contributed by atoms with van der Waals surface area (Å²) in [5.74, 6) is 0.518. The normalized spacial score (nSPS) is 17.2. The molecule has 4 aromatic rings. The van der Waals surface area contributed by atoms with Gasteiger partial charge in [-0.05, 0) is 55.3 Å². The molecule has 210 valence electrons. The Hall–Kier alpha value is -4.14. The van der Waals surface area contributed by atoms with Gasteiger partial charge in [0.15, 0.2) is 0 Å². The van der Waals surface area contributed by atoms with Crippen LogP contribution in [0.5, 0.6) is 0 Å². The number of fused-ring (bicyclic) bond motifs is 2. The van der Waals surface area contributed by atoms with Gasteiger partial charge in [-0.15, -0.1) is 0 Å². The third kappa shape index (κ3) is 5.09. The largest absolute Gasteiger partial charge is 0.368 e. The number of aryl methyl sites for hydroxylation is 2. The molecule has 1 unspecified atom stereocenters. The molecule has 1 N–H and O–H groups in total. The SMILES string of the molecule is Cc1noc(C)c1CC(=O)Nc1ccc(N2CCN(C3c4ccccc4C(=O)N(C)c4ccccc43)CC2)c(Cl)c1. The van der Waals surface area contributed by atoms with Crippen LogP contribution in [0.15, 0.2) is 71.3 Å². The van der Waals surface area contributed by atoms with Crippen molar-refractivity contribution in [2.75, 3.05) is 48.3 Å². The molecule has 8 nitrogen and oxygen atoms in total. The van der Waals surface area contributed by atoms with Gasteiger partial charge in [-0.1, -0.05) is 53.2 Å². The lowest BCUT2D eigenvalue weighted by Gasteiger charge is -2.41. The monoisotopic (exact) mass is 569 g/mol. The van der Waals surface area contributed by atoms with E-state index in [4.69, 9.17) is 16.1 Å². The Morgan fingerprint density at radius 1 is 0.976 bits per heavy atom. The van der Waals surface area contributed by atoms with Gasteiger partial charge in [-0.25, -0.2) is 0 Å². The molecule has 1 saturated heterocycles. The van der Waals surface area contributed by atoms with Gasteiger partial charge >= 0.3 is 0 Å². The van der Waals surface area contributed by atoms with Crippen molar-refractivity contribution in [2.45, 2.75) is 26.3 Å². The summed E-state index contributed by atoms with van der Waals surface area (Å²) in [6.45, 7) is 6.80. The molecular weight excluding hydrogens is 538 g/mol. The molecule has 2 aliphatic heterocycles.